The molecule has 0 aromatic carbocycles. The third-order valence-electron chi connectivity index (χ3n) is 2.74. The molecule has 5 nitrogen and oxygen atoms in total. The van der Waals surface area contributed by atoms with Crippen molar-refractivity contribution < 1.29 is 4.79 Å². The number of aromatic nitrogens is 2. The minimum absolute atomic E-state index is 0.0529. The Bertz CT molecular complexity index is 359. The van der Waals surface area contributed by atoms with Gasteiger partial charge in [0.1, 0.15) is 0 Å². The molecule has 1 aromatic heterocycles. The molecule has 1 heterocycles. The minimum atomic E-state index is -0.0884. The molecule has 0 radical (unpaired) electrons. The van der Waals surface area contributed by atoms with E-state index in [0.29, 0.717) is 12.1 Å². The van der Waals surface area contributed by atoms with Crippen LogP contribution < -0.4 is 11.1 Å². The first-order chi connectivity index (χ1) is 7.60. The van der Waals surface area contributed by atoms with E-state index in [1.54, 1.807) is 10.9 Å². The van der Waals surface area contributed by atoms with E-state index in [1.807, 2.05) is 14.0 Å². The van der Waals surface area contributed by atoms with Gasteiger partial charge in [0.05, 0.1) is 11.8 Å². The Morgan fingerprint density at radius 2 is 2.38 bits per heavy atom. The largest absolute Gasteiger partial charge is 0.348 e. The zero-order chi connectivity index (χ0) is 12.1. The summed E-state index contributed by atoms with van der Waals surface area (Å²) in [5, 5.41) is 6.96. The topological polar surface area (TPSA) is 72.9 Å². The second kappa shape index (κ2) is 5.65. The number of hydrogen-bond donors (Lipinski definition) is 2. The van der Waals surface area contributed by atoms with E-state index in [9.17, 15) is 4.79 Å². The van der Waals surface area contributed by atoms with Crippen LogP contribution in [0.5, 0.6) is 0 Å². The monoisotopic (exact) mass is 224 g/mol. The summed E-state index contributed by atoms with van der Waals surface area (Å²) in [6, 6.07) is 0.0529. The van der Waals surface area contributed by atoms with E-state index < -0.39 is 0 Å². The van der Waals surface area contributed by atoms with E-state index in [4.69, 9.17) is 5.73 Å². The summed E-state index contributed by atoms with van der Waals surface area (Å²) in [6.45, 7) is 4.42. The molecule has 0 fully saturated rings. The van der Waals surface area contributed by atoms with Crippen LogP contribution in [0.3, 0.4) is 0 Å². The standard InChI is InChI=1S/C11H20N4O/c1-4-5-9(6-12)14-11(16)10-7-13-15(3)8(10)2/h7,9H,4-6,12H2,1-3H3,(H,14,16). The van der Waals surface area contributed by atoms with Crippen LogP contribution in [0.1, 0.15) is 35.8 Å². The number of carbonyl (C=O) groups is 1. The van der Waals surface area contributed by atoms with E-state index in [1.165, 1.54) is 0 Å². The van der Waals surface area contributed by atoms with Crippen LogP contribution in [0.4, 0.5) is 0 Å². The fraction of sp³-hybridized carbons (Fsp3) is 0.636. The third kappa shape index (κ3) is 2.82. The maximum Gasteiger partial charge on any atom is 0.255 e. The first-order valence-corrected chi connectivity index (χ1v) is 5.59. The Balaban J connectivity index is 2.68. The molecule has 1 amide bonds. The van der Waals surface area contributed by atoms with Gasteiger partial charge in [-0.05, 0) is 13.3 Å². The molecule has 1 atom stereocenters. The fourth-order valence-electron chi connectivity index (χ4n) is 1.58. The minimum Gasteiger partial charge on any atom is -0.348 e. The molecule has 0 bridgehead atoms. The summed E-state index contributed by atoms with van der Waals surface area (Å²) < 4.78 is 1.69. The molecule has 3 N–H and O–H groups in total. The average molecular weight is 224 g/mol. The molecule has 5 heteroatoms. The van der Waals surface area contributed by atoms with Gasteiger partial charge in [-0.1, -0.05) is 13.3 Å². The Morgan fingerprint density at radius 1 is 1.69 bits per heavy atom. The summed E-state index contributed by atoms with van der Waals surface area (Å²) in [7, 11) is 1.82. The lowest BCUT2D eigenvalue weighted by molar-refractivity contribution is 0.0935. The van der Waals surface area contributed by atoms with Crippen molar-refractivity contribution in [2.24, 2.45) is 12.8 Å². The van der Waals surface area contributed by atoms with E-state index >= 15 is 0 Å². The summed E-state index contributed by atoms with van der Waals surface area (Å²) in [5.41, 5.74) is 7.08. The van der Waals surface area contributed by atoms with Crippen LogP contribution in [0.25, 0.3) is 0 Å². The number of nitrogens with two attached hydrogens (primary N) is 1. The Labute approximate surface area is 96.0 Å². The second-order valence-corrected chi connectivity index (χ2v) is 3.96. The first kappa shape index (κ1) is 12.7. The van der Waals surface area contributed by atoms with Crippen molar-refractivity contribution in [3.8, 4) is 0 Å². The van der Waals surface area contributed by atoms with Gasteiger partial charge < -0.3 is 11.1 Å². The highest BCUT2D eigenvalue weighted by molar-refractivity contribution is 5.95. The maximum atomic E-state index is 11.9. The molecule has 16 heavy (non-hydrogen) atoms. The van der Waals surface area contributed by atoms with Crippen molar-refractivity contribution in [2.75, 3.05) is 6.54 Å². The van der Waals surface area contributed by atoms with E-state index in [-0.39, 0.29) is 11.9 Å². The number of carbonyl (C=O) groups excluding carboxylic acids is 1. The second-order valence-electron chi connectivity index (χ2n) is 3.96. The molecule has 90 valence electrons. The number of rotatable bonds is 5. The van der Waals surface area contributed by atoms with Crippen LogP contribution in [0.2, 0.25) is 0 Å². The quantitative estimate of drug-likeness (QED) is 0.768. The highest BCUT2D eigenvalue weighted by Gasteiger charge is 2.15. The van der Waals surface area contributed by atoms with Gasteiger partial charge in [-0.2, -0.15) is 5.10 Å². The normalized spacial score (nSPS) is 12.5. The van der Waals surface area contributed by atoms with Crippen LogP contribution in [0, 0.1) is 6.92 Å². The molecular weight excluding hydrogens is 204 g/mol. The van der Waals surface area contributed by atoms with Gasteiger partial charge in [-0.15, -0.1) is 0 Å². The molecule has 0 aliphatic carbocycles. The smallest absolute Gasteiger partial charge is 0.255 e. The van der Waals surface area contributed by atoms with Gasteiger partial charge in [0.25, 0.3) is 5.91 Å². The average Bonchev–Trinajstić information content (AvgIpc) is 2.59. The van der Waals surface area contributed by atoms with Gasteiger partial charge in [0.15, 0.2) is 0 Å². The molecule has 0 saturated carbocycles. The fourth-order valence-corrected chi connectivity index (χ4v) is 1.58. The van der Waals surface area contributed by atoms with Crippen molar-refractivity contribution in [3.63, 3.8) is 0 Å². The van der Waals surface area contributed by atoms with Gasteiger partial charge in [0.2, 0.25) is 0 Å². The Hall–Kier alpha value is -1.36. The Kier molecular flexibility index (Phi) is 4.49. The third-order valence-corrected chi connectivity index (χ3v) is 2.74. The molecule has 0 aliphatic rings. The predicted octanol–water partition coefficient (Wildman–Crippen LogP) is 0.586. The number of hydrogen-bond acceptors (Lipinski definition) is 3. The van der Waals surface area contributed by atoms with Crippen LogP contribution in [-0.4, -0.2) is 28.3 Å². The lowest BCUT2D eigenvalue weighted by Gasteiger charge is -2.15. The van der Waals surface area contributed by atoms with Crippen molar-refractivity contribution >= 4 is 5.91 Å². The highest BCUT2D eigenvalue weighted by Crippen LogP contribution is 2.06. The van der Waals surface area contributed by atoms with Crippen LogP contribution in [0.15, 0.2) is 6.20 Å². The number of nitrogens with one attached hydrogen (secondary N) is 1. The molecule has 0 spiro atoms. The van der Waals surface area contributed by atoms with Crippen LogP contribution in [-0.2, 0) is 7.05 Å². The van der Waals surface area contributed by atoms with Crippen molar-refractivity contribution in [2.45, 2.75) is 32.7 Å². The Morgan fingerprint density at radius 3 is 2.81 bits per heavy atom. The summed E-state index contributed by atoms with van der Waals surface area (Å²) in [4.78, 5) is 11.9. The van der Waals surface area contributed by atoms with Gasteiger partial charge in [-0.3, -0.25) is 9.48 Å². The zero-order valence-electron chi connectivity index (χ0n) is 10.2. The van der Waals surface area contributed by atoms with E-state index in [0.717, 1.165) is 18.5 Å². The summed E-state index contributed by atoms with van der Waals surface area (Å²) in [6.07, 6.45) is 3.50. The van der Waals surface area contributed by atoms with Crippen molar-refractivity contribution in [1.82, 2.24) is 15.1 Å². The number of aryl methyl sites for hydroxylation is 1. The van der Waals surface area contributed by atoms with Gasteiger partial charge >= 0.3 is 0 Å². The zero-order valence-corrected chi connectivity index (χ0v) is 10.2. The van der Waals surface area contributed by atoms with Crippen molar-refractivity contribution in [3.05, 3.63) is 17.5 Å². The first-order valence-electron chi connectivity index (χ1n) is 5.59. The highest BCUT2D eigenvalue weighted by atomic mass is 16.1. The lowest BCUT2D eigenvalue weighted by atomic mass is 10.1. The van der Waals surface area contributed by atoms with Crippen molar-refractivity contribution in [1.29, 1.82) is 0 Å². The molecule has 1 unspecified atom stereocenters. The van der Waals surface area contributed by atoms with Crippen LogP contribution >= 0.6 is 0 Å². The molecule has 1 rings (SSSR count). The molecular formula is C11H20N4O. The predicted molar refractivity (Wildman–Crippen MR) is 63.2 cm³/mol. The lowest BCUT2D eigenvalue weighted by Crippen LogP contribution is -2.40. The van der Waals surface area contributed by atoms with Gasteiger partial charge in [-0.25, -0.2) is 0 Å². The summed E-state index contributed by atoms with van der Waals surface area (Å²) in [5.74, 6) is -0.0884. The number of amides is 1. The summed E-state index contributed by atoms with van der Waals surface area (Å²) >= 11 is 0. The number of nitrogens with zero attached hydrogens (tertiary/aromatic N) is 2. The maximum absolute atomic E-state index is 11.9. The van der Waals surface area contributed by atoms with E-state index in [2.05, 4.69) is 17.3 Å². The SMILES string of the molecule is CCCC(CN)NC(=O)c1cnn(C)c1C. The molecule has 0 saturated heterocycles. The molecule has 1 aromatic rings. The molecule has 0 aliphatic heterocycles. The van der Waals surface area contributed by atoms with Gasteiger partial charge in [0, 0.05) is 25.3 Å².